The molecule has 4 heterocycles. The molecule has 2 aromatic carbocycles. The summed E-state index contributed by atoms with van der Waals surface area (Å²) in [6.07, 6.45) is 13.8. The van der Waals surface area contributed by atoms with E-state index < -0.39 is 20.3 Å². The molecule has 0 amide bonds. The number of pyridine rings is 4. The summed E-state index contributed by atoms with van der Waals surface area (Å²) in [5, 5.41) is 73.0. The van der Waals surface area contributed by atoms with Gasteiger partial charge in [-0.1, -0.05) is 47.4 Å². The van der Waals surface area contributed by atoms with E-state index in [-0.39, 0.29) is 34.1 Å². The number of aliphatic hydroxyl groups excluding tert-OH is 2. The minimum atomic E-state index is -1.75. The van der Waals surface area contributed by atoms with E-state index in [1.165, 1.54) is 0 Å². The maximum atomic E-state index is 8.25. The zero-order chi connectivity index (χ0) is 51.9. The molecule has 0 aliphatic heterocycles. The monoisotopic (exact) mass is 1060 g/mol. The Labute approximate surface area is 420 Å². The second-order valence-electron chi connectivity index (χ2n) is 11.4. The van der Waals surface area contributed by atoms with E-state index in [9.17, 15) is 0 Å². The molecule has 6 aromatic rings. The van der Waals surface area contributed by atoms with Crippen molar-refractivity contribution in [3.8, 4) is 47.4 Å². The molecule has 370 valence electrons. The van der Waals surface area contributed by atoms with Gasteiger partial charge in [0.1, 0.15) is 0 Å². The molecule has 0 aliphatic carbocycles. The molecule has 4 aromatic heterocycles. The van der Waals surface area contributed by atoms with Gasteiger partial charge in [-0.3, -0.25) is 19.9 Å². The molecule has 0 spiro atoms. The number of rotatable bonds is 0. The Morgan fingerprint density at radius 1 is 0.400 bits per heavy atom. The van der Waals surface area contributed by atoms with Crippen molar-refractivity contribution in [1.29, 1.82) is 0 Å². The van der Waals surface area contributed by atoms with Crippen LogP contribution in [0.15, 0.2) is 122 Å². The molecule has 26 heteroatoms. The summed E-state index contributed by atoms with van der Waals surface area (Å²) in [6.45, 7) is 4.01. The van der Waals surface area contributed by atoms with Crippen LogP contribution in [0.4, 0.5) is 11.4 Å². The second kappa shape index (κ2) is 41.1. The van der Waals surface area contributed by atoms with Gasteiger partial charge in [0.05, 0.1) is 31.7 Å². The first kappa shape index (κ1) is 67.2. The third-order valence-corrected chi connectivity index (χ3v) is 6.66. The molecule has 24 nitrogen and oxygen atoms in total. The number of aromatic nitrogens is 4. The minimum absolute atomic E-state index is 0. The summed E-state index contributed by atoms with van der Waals surface area (Å²) in [4.78, 5) is 49.2. The van der Waals surface area contributed by atoms with Gasteiger partial charge in [-0.15, -0.1) is 0 Å². The molecule has 0 fully saturated rings. The van der Waals surface area contributed by atoms with Crippen LogP contribution in [0.3, 0.4) is 0 Å². The fraction of sp³-hybridized carbons (Fsp3) is 0.0909. The van der Waals surface area contributed by atoms with E-state index in [1.807, 2.05) is 86.6 Å². The fourth-order valence-electron chi connectivity index (χ4n) is 4.31. The Hall–Kier alpha value is -9.36. The molecule has 0 atom stereocenters. The van der Waals surface area contributed by atoms with Crippen LogP contribution in [0.2, 0.25) is 0 Å². The average Bonchev–Trinajstić information content (AvgIpc) is 3.30. The van der Waals surface area contributed by atoms with Crippen molar-refractivity contribution < 1.29 is 64.7 Å². The molecule has 0 bridgehead atoms. The largest absolute Gasteiger partial charge is 2.00 e. The molecular formula is C44H38Cu2N10O14. The Morgan fingerprint density at radius 3 is 0.714 bits per heavy atom. The van der Waals surface area contributed by atoms with Crippen molar-refractivity contribution in [2.24, 2.45) is 0 Å². The number of nitrogens with zero attached hydrogens (tertiary/aromatic N) is 8. The summed E-state index contributed by atoms with van der Waals surface area (Å²) in [7, 11) is 2.00. The Balaban J connectivity index is -0.000000443. The minimum Gasteiger partial charge on any atom is -0.400 e. The Kier molecular flexibility index (Phi) is 39.5. The SMILES string of the molecule is CO.CO.Cc1cc(C#Cc2cccnc2)c(N)c(C#Cc2cccnc2)c1.Cc1cc(C#Cc2cccnc2)c(N)c(C#Cc2cccnc2)c1.O=[N+]([O-])[O-].O=[N+]([O-])[O-].O=[N+]([O-])[O-].O=[N+]([O-])[O-].[Cu+2].[Cu+2]. The fourth-order valence-corrected chi connectivity index (χ4v) is 4.31. The van der Waals surface area contributed by atoms with Gasteiger partial charge >= 0.3 is 34.1 Å². The van der Waals surface area contributed by atoms with Crippen LogP contribution >= 0.6 is 0 Å². The number of anilines is 2. The Morgan fingerprint density at radius 2 is 0.571 bits per heavy atom. The van der Waals surface area contributed by atoms with Crippen LogP contribution in [0.5, 0.6) is 0 Å². The van der Waals surface area contributed by atoms with Gasteiger partial charge in [0, 0.05) is 108 Å². The number of nitrogen functional groups attached to an aromatic ring is 2. The van der Waals surface area contributed by atoms with E-state index in [4.69, 9.17) is 83.0 Å². The van der Waals surface area contributed by atoms with Crippen LogP contribution in [0.1, 0.15) is 55.6 Å². The van der Waals surface area contributed by atoms with Gasteiger partial charge in [-0.2, -0.15) is 0 Å². The zero-order valence-electron chi connectivity index (χ0n) is 36.7. The molecule has 0 saturated carbocycles. The molecule has 6 rings (SSSR count). The van der Waals surface area contributed by atoms with Gasteiger partial charge < -0.3 is 83.0 Å². The van der Waals surface area contributed by atoms with Crippen LogP contribution in [0.25, 0.3) is 0 Å². The van der Waals surface area contributed by atoms with E-state index >= 15 is 0 Å². The van der Waals surface area contributed by atoms with Crippen LogP contribution in [-0.4, -0.2) is 64.7 Å². The smallest absolute Gasteiger partial charge is 0.400 e. The number of nitrogens with two attached hydrogens (primary N) is 2. The number of benzene rings is 2. The van der Waals surface area contributed by atoms with Gasteiger partial charge in [0.2, 0.25) is 0 Å². The van der Waals surface area contributed by atoms with Gasteiger partial charge in [-0.05, 0) is 97.8 Å². The zero-order valence-corrected chi connectivity index (χ0v) is 38.6. The first-order valence-corrected chi connectivity index (χ1v) is 18.0. The van der Waals surface area contributed by atoms with Crippen molar-refractivity contribution >= 4 is 11.4 Å². The summed E-state index contributed by atoms with van der Waals surface area (Å²) in [5.74, 6) is 24.8. The van der Waals surface area contributed by atoms with Crippen LogP contribution < -0.4 is 11.5 Å². The van der Waals surface area contributed by atoms with E-state index in [0.717, 1.165) is 69.9 Å². The van der Waals surface area contributed by atoms with Crippen molar-refractivity contribution in [1.82, 2.24) is 19.9 Å². The van der Waals surface area contributed by atoms with Crippen molar-refractivity contribution in [3.05, 3.63) is 239 Å². The third-order valence-electron chi connectivity index (χ3n) is 6.66. The normalized spacial score (nSPS) is 7.97. The number of hydrogen-bond donors (Lipinski definition) is 4. The maximum Gasteiger partial charge on any atom is 2.00 e. The van der Waals surface area contributed by atoms with E-state index in [1.54, 1.807) is 49.6 Å². The van der Waals surface area contributed by atoms with Crippen LogP contribution in [-0.2, 0) is 34.1 Å². The molecule has 2 radical (unpaired) electrons. The molecule has 70 heavy (non-hydrogen) atoms. The summed E-state index contributed by atoms with van der Waals surface area (Å²) in [5.41, 5.74) is 22.3. The molecule has 6 N–H and O–H groups in total. The molecule has 0 unspecified atom stereocenters. The second-order valence-corrected chi connectivity index (χ2v) is 11.4. The molecule has 0 aliphatic rings. The summed E-state index contributed by atoms with van der Waals surface area (Å²) in [6, 6.07) is 22.9. The number of aryl methyl sites for hydroxylation is 2. The van der Waals surface area contributed by atoms with Crippen molar-refractivity contribution in [2.75, 3.05) is 25.7 Å². The van der Waals surface area contributed by atoms with E-state index in [2.05, 4.69) is 67.3 Å². The quantitative estimate of drug-likeness (QED) is 0.0531. The topological polar surface area (TPSA) is 409 Å². The summed E-state index contributed by atoms with van der Waals surface area (Å²) >= 11 is 0. The van der Waals surface area contributed by atoms with Crippen molar-refractivity contribution in [2.45, 2.75) is 13.8 Å². The third kappa shape index (κ3) is 35.0. The van der Waals surface area contributed by atoms with Crippen molar-refractivity contribution in [3.63, 3.8) is 0 Å². The number of hydrogen-bond acceptors (Lipinski definition) is 20. The number of aliphatic hydroxyl groups is 2. The van der Waals surface area contributed by atoms with Crippen LogP contribution in [0, 0.1) is 122 Å². The average molecular weight is 1060 g/mol. The predicted octanol–water partition coefficient (Wildman–Crippen LogP) is 4.59. The molecular weight excluding hydrogens is 1020 g/mol. The first-order valence-electron chi connectivity index (χ1n) is 18.0. The summed E-state index contributed by atoms with van der Waals surface area (Å²) < 4.78 is 0. The first-order chi connectivity index (χ1) is 32.4. The maximum absolute atomic E-state index is 8.25. The van der Waals surface area contributed by atoms with Gasteiger partial charge in [0.15, 0.2) is 0 Å². The van der Waals surface area contributed by atoms with E-state index in [0.29, 0.717) is 11.4 Å². The van der Waals surface area contributed by atoms with Gasteiger partial charge in [-0.25, -0.2) is 0 Å². The molecule has 0 saturated heterocycles. The Bertz CT molecular complexity index is 2370. The standard InChI is InChI=1S/2C21H15N3.2CH4O.2Cu.4NO3/c2*1-16-12-19(8-6-17-4-2-10-23-14-17)21(22)20(13-16)9-7-18-5-3-11-24-15-18;2*1-2;;;4*2-1(3)4/h2*2-5,10-15H,22H2,1H3;2*2H,1H3;;;;;;/q;;;;2*+2;4*-1. The predicted molar refractivity (Wildman–Crippen MR) is 250 cm³/mol. The van der Waals surface area contributed by atoms with Gasteiger partial charge in [0.25, 0.3) is 0 Å².